The van der Waals surface area contributed by atoms with E-state index in [-0.39, 0.29) is 12.1 Å². The molecule has 0 aliphatic heterocycles. The molecular weight excluding hydrogens is 231 g/mol. The standard InChI is InChI=1S/C10H7FN2O2S/c11-8-7(4-6-2-1-3-16-6)12-5-13-9(8)10(14)15/h1-3,5H,4H2,(H,14,15). The predicted octanol–water partition coefficient (Wildman–Crippen LogP) is 1.97. The molecule has 0 unspecified atom stereocenters. The van der Waals surface area contributed by atoms with Crippen LogP contribution in [0.25, 0.3) is 0 Å². The van der Waals surface area contributed by atoms with Crippen LogP contribution in [-0.4, -0.2) is 21.0 Å². The van der Waals surface area contributed by atoms with E-state index in [0.717, 1.165) is 11.2 Å². The van der Waals surface area contributed by atoms with E-state index in [1.165, 1.54) is 11.3 Å². The van der Waals surface area contributed by atoms with Crippen molar-refractivity contribution in [2.24, 2.45) is 0 Å². The summed E-state index contributed by atoms with van der Waals surface area (Å²) in [5.41, 5.74) is -0.476. The second-order valence-corrected chi connectivity index (χ2v) is 4.08. The first-order valence-corrected chi connectivity index (χ1v) is 5.31. The minimum Gasteiger partial charge on any atom is -0.476 e. The second-order valence-electron chi connectivity index (χ2n) is 3.04. The molecule has 1 N–H and O–H groups in total. The zero-order valence-corrected chi connectivity index (χ0v) is 8.87. The van der Waals surface area contributed by atoms with Crippen molar-refractivity contribution in [2.45, 2.75) is 6.42 Å². The Morgan fingerprint density at radius 3 is 2.94 bits per heavy atom. The Bertz CT molecular complexity index is 514. The van der Waals surface area contributed by atoms with Crippen molar-refractivity contribution in [2.75, 3.05) is 0 Å². The van der Waals surface area contributed by atoms with Crippen molar-refractivity contribution in [1.82, 2.24) is 9.97 Å². The third-order valence-corrected chi connectivity index (χ3v) is 2.86. The molecule has 2 heterocycles. The van der Waals surface area contributed by atoms with E-state index in [1.54, 1.807) is 0 Å². The number of carboxylic acid groups (broad SMARTS) is 1. The zero-order chi connectivity index (χ0) is 11.5. The summed E-state index contributed by atoms with van der Waals surface area (Å²) in [5.74, 6) is -2.24. The lowest BCUT2D eigenvalue weighted by Crippen LogP contribution is -2.08. The van der Waals surface area contributed by atoms with Gasteiger partial charge in [-0.2, -0.15) is 0 Å². The molecule has 0 spiro atoms. The van der Waals surface area contributed by atoms with Gasteiger partial charge in [-0.3, -0.25) is 0 Å². The first-order chi connectivity index (χ1) is 7.68. The van der Waals surface area contributed by atoms with Crippen molar-refractivity contribution in [1.29, 1.82) is 0 Å². The quantitative estimate of drug-likeness (QED) is 0.887. The predicted molar refractivity (Wildman–Crippen MR) is 56.1 cm³/mol. The number of halogens is 1. The molecule has 6 heteroatoms. The van der Waals surface area contributed by atoms with Crippen LogP contribution in [0.2, 0.25) is 0 Å². The molecule has 2 rings (SSSR count). The van der Waals surface area contributed by atoms with Gasteiger partial charge >= 0.3 is 5.97 Å². The normalized spacial score (nSPS) is 10.3. The summed E-state index contributed by atoms with van der Waals surface area (Å²) in [6, 6.07) is 3.68. The first-order valence-electron chi connectivity index (χ1n) is 4.43. The Morgan fingerprint density at radius 2 is 2.31 bits per heavy atom. The fourth-order valence-corrected chi connectivity index (χ4v) is 1.97. The van der Waals surface area contributed by atoms with Crippen molar-refractivity contribution in [3.8, 4) is 0 Å². The third kappa shape index (κ3) is 2.06. The van der Waals surface area contributed by atoms with E-state index in [1.807, 2.05) is 17.5 Å². The van der Waals surface area contributed by atoms with Gasteiger partial charge in [-0.05, 0) is 11.4 Å². The summed E-state index contributed by atoms with van der Waals surface area (Å²) in [7, 11) is 0. The largest absolute Gasteiger partial charge is 0.476 e. The van der Waals surface area contributed by atoms with Gasteiger partial charge in [-0.1, -0.05) is 6.07 Å². The van der Waals surface area contributed by atoms with Crippen LogP contribution < -0.4 is 0 Å². The Morgan fingerprint density at radius 1 is 1.50 bits per heavy atom. The molecule has 0 aliphatic carbocycles. The van der Waals surface area contributed by atoms with Crippen LogP contribution in [0.4, 0.5) is 4.39 Å². The molecule has 2 aromatic heterocycles. The van der Waals surface area contributed by atoms with E-state index in [2.05, 4.69) is 9.97 Å². The van der Waals surface area contributed by atoms with Crippen molar-refractivity contribution in [3.63, 3.8) is 0 Å². The van der Waals surface area contributed by atoms with E-state index < -0.39 is 17.5 Å². The van der Waals surface area contributed by atoms with Crippen LogP contribution in [0, 0.1) is 5.82 Å². The Kier molecular flexibility index (Phi) is 2.91. The van der Waals surface area contributed by atoms with Gasteiger partial charge in [-0.25, -0.2) is 19.2 Å². The number of thiophene rings is 1. The maximum atomic E-state index is 13.6. The summed E-state index contributed by atoms with van der Waals surface area (Å²) < 4.78 is 13.6. The van der Waals surface area contributed by atoms with Crippen LogP contribution in [0.15, 0.2) is 23.8 Å². The van der Waals surface area contributed by atoms with Gasteiger partial charge in [0.15, 0.2) is 11.5 Å². The minimum atomic E-state index is -1.38. The molecule has 0 saturated carbocycles. The van der Waals surface area contributed by atoms with Crippen LogP contribution >= 0.6 is 11.3 Å². The number of aromatic carboxylic acids is 1. The average molecular weight is 238 g/mol. The summed E-state index contributed by atoms with van der Waals surface area (Å²) in [4.78, 5) is 18.7. The lowest BCUT2D eigenvalue weighted by molar-refractivity contribution is 0.0684. The SMILES string of the molecule is O=C(O)c1ncnc(Cc2cccs2)c1F. The number of hydrogen-bond donors (Lipinski definition) is 1. The fraction of sp³-hybridized carbons (Fsp3) is 0.100. The number of carboxylic acids is 1. The van der Waals surface area contributed by atoms with Gasteiger partial charge in [0.1, 0.15) is 6.33 Å². The maximum Gasteiger partial charge on any atom is 0.357 e. The summed E-state index contributed by atoms with van der Waals surface area (Å²) in [6.45, 7) is 0. The molecule has 16 heavy (non-hydrogen) atoms. The highest BCUT2D eigenvalue weighted by Gasteiger charge is 2.17. The summed E-state index contributed by atoms with van der Waals surface area (Å²) in [5, 5.41) is 10.6. The van der Waals surface area contributed by atoms with Gasteiger partial charge in [0.2, 0.25) is 0 Å². The zero-order valence-electron chi connectivity index (χ0n) is 8.05. The highest BCUT2D eigenvalue weighted by molar-refractivity contribution is 7.09. The molecule has 2 aromatic rings. The summed E-state index contributed by atoms with van der Waals surface area (Å²) >= 11 is 1.47. The lowest BCUT2D eigenvalue weighted by Gasteiger charge is -2.01. The molecule has 0 radical (unpaired) electrons. The van der Waals surface area contributed by atoms with E-state index in [0.29, 0.717) is 0 Å². The number of aromatic nitrogens is 2. The highest BCUT2D eigenvalue weighted by Crippen LogP contribution is 2.16. The summed E-state index contributed by atoms with van der Waals surface area (Å²) in [6.07, 6.45) is 1.35. The third-order valence-electron chi connectivity index (χ3n) is 1.99. The van der Waals surface area contributed by atoms with E-state index in [4.69, 9.17) is 5.11 Å². The van der Waals surface area contributed by atoms with Gasteiger partial charge in [-0.15, -0.1) is 11.3 Å². The Balaban J connectivity index is 2.35. The number of hydrogen-bond acceptors (Lipinski definition) is 4. The molecule has 4 nitrogen and oxygen atoms in total. The van der Waals surface area contributed by atoms with Crippen LogP contribution in [0.3, 0.4) is 0 Å². The topological polar surface area (TPSA) is 63.1 Å². The maximum absolute atomic E-state index is 13.6. The van der Waals surface area contributed by atoms with Crippen molar-refractivity contribution >= 4 is 17.3 Å². The van der Waals surface area contributed by atoms with Crippen molar-refractivity contribution < 1.29 is 14.3 Å². The van der Waals surface area contributed by atoms with Gasteiger partial charge in [0.25, 0.3) is 0 Å². The molecule has 0 aliphatic rings. The van der Waals surface area contributed by atoms with Crippen LogP contribution in [0.5, 0.6) is 0 Å². The monoisotopic (exact) mass is 238 g/mol. The Hall–Kier alpha value is -1.82. The first kappa shape index (κ1) is 10.7. The van der Waals surface area contributed by atoms with Gasteiger partial charge in [0.05, 0.1) is 5.69 Å². The van der Waals surface area contributed by atoms with E-state index in [9.17, 15) is 9.18 Å². The molecule has 0 amide bonds. The van der Waals surface area contributed by atoms with Gasteiger partial charge in [0, 0.05) is 11.3 Å². The number of carbonyl (C=O) groups is 1. The lowest BCUT2D eigenvalue weighted by atomic mass is 10.2. The number of rotatable bonds is 3. The molecule has 0 saturated heterocycles. The minimum absolute atomic E-state index is 0.106. The average Bonchev–Trinajstić information content (AvgIpc) is 2.73. The molecule has 0 fully saturated rings. The fourth-order valence-electron chi connectivity index (χ4n) is 1.26. The van der Waals surface area contributed by atoms with Crippen molar-refractivity contribution in [3.05, 3.63) is 45.9 Å². The van der Waals surface area contributed by atoms with Gasteiger partial charge < -0.3 is 5.11 Å². The molecular formula is C10H7FN2O2S. The number of nitrogens with zero attached hydrogens (tertiary/aromatic N) is 2. The molecule has 82 valence electrons. The molecule has 0 bridgehead atoms. The van der Waals surface area contributed by atoms with Crippen LogP contribution in [0.1, 0.15) is 21.1 Å². The second kappa shape index (κ2) is 4.36. The highest BCUT2D eigenvalue weighted by atomic mass is 32.1. The molecule has 0 atom stereocenters. The Labute approximate surface area is 94.4 Å². The van der Waals surface area contributed by atoms with Crippen LogP contribution in [-0.2, 0) is 6.42 Å². The molecule has 0 aromatic carbocycles. The van der Waals surface area contributed by atoms with E-state index >= 15 is 0 Å². The smallest absolute Gasteiger partial charge is 0.357 e.